The number of hydrogen-bond donors (Lipinski definition) is 1. The molecule has 0 fully saturated rings. The van der Waals surface area contributed by atoms with Crippen molar-refractivity contribution in [1.82, 2.24) is 19.7 Å². The minimum absolute atomic E-state index is 0.116. The fourth-order valence-electron chi connectivity index (χ4n) is 1.28. The molecule has 84 valence electrons. The highest BCUT2D eigenvalue weighted by molar-refractivity contribution is 5.90. The number of aromatic nitrogens is 4. The van der Waals surface area contributed by atoms with Gasteiger partial charge < -0.3 is 5.73 Å². The predicted molar refractivity (Wildman–Crippen MR) is 57.1 cm³/mol. The highest BCUT2D eigenvalue weighted by Crippen LogP contribution is 2.10. The fourth-order valence-corrected chi connectivity index (χ4v) is 1.28. The molecule has 0 aliphatic carbocycles. The molecule has 0 aliphatic heterocycles. The number of nitrogens with zero attached hydrogens (tertiary/aromatic N) is 5. The lowest BCUT2D eigenvalue weighted by atomic mass is 10.3. The van der Waals surface area contributed by atoms with Gasteiger partial charge >= 0.3 is 0 Å². The van der Waals surface area contributed by atoms with Gasteiger partial charge in [0.15, 0.2) is 5.82 Å². The van der Waals surface area contributed by atoms with Gasteiger partial charge in [-0.15, -0.1) is 0 Å². The fraction of sp³-hybridized carbons (Fsp3) is 0.100. The summed E-state index contributed by atoms with van der Waals surface area (Å²) >= 11 is 0. The molecule has 2 heterocycles. The zero-order valence-electron chi connectivity index (χ0n) is 8.95. The Balaban J connectivity index is 2.56. The number of carbonyl (C=O) groups is 1. The molecule has 0 unspecified atom stereocenters. The third-order valence-electron chi connectivity index (χ3n) is 2.07. The van der Waals surface area contributed by atoms with E-state index in [4.69, 9.17) is 11.0 Å². The first-order chi connectivity index (χ1) is 8.11. The van der Waals surface area contributed by atoms with Crippen molar-refractivity contribution in [1.29, 1.82) is 5.26 Å². The molecule has 0 radical (unpaired) electrons. The van der Waals surface area contributed by atoms with Gasteiger partial charge in [-0.1, -0.05) is 0 Å². The summed E-state index contributed by atoms with van der Waals surface area (Å²) in [5.74, 6) is 0.204. The van der Waals surface area contributed by atoms with E-state index in [1.807, 2.05) is 6.07 Å². The van der Waals surface area contributed by atoms with Crippen LogP contribution in [0.5, 0.6) is 0 Å². The van der Waals surface area contributed by atoms with E-state index in [2.05, 4.69) is 15.1 Å². The molecule has 0 spiro atoms. The number of carbonyl (C=O) groups excluding carboxylic acids is 1. The van der Waals surface area contributed by atoms with Gasteiger partial charge in [-0.05, 0) is 13.0 Å². The van der Waals surface area contributed by atoms with Gasteiger partial charge in [0.2, 0.25) is 0 Å². The van der Waals surface area contributed by atoms with E-state index >= 15 is 0 Å². The summed E-state index contributed by atoms with van der Waals surface area (Å²) in [6, 6.07) is 3.42. The second-order valence-corrected chi connectivity index (χ2v) is 3.28. The molecule has 0 aromatic carbocycles. The van der Waals surface area contributed by atoms with Crippen molar-refractivity contribution in [2.24, 2.45) is 5.73 Å². The zero-order chi connectivity index (χ0) is 12.4. The van der Waals surface area contributed by atoms with Crippen LogP contribution in [0.2, 0.25) is 0 Å². The molecule has 7 nitrogen and oxygen atoms in total. The minimum Gasteiger partial charge on any atom is -0.364 e. The standard InChI is InChI=1S/C10H8N6O/c1-6-13-5-7(4-11)10(14-6)16-3-2-8(15-16)9(12)17/h2-3,5H,1H3,(H2,12,17). The minimum atomic E-state index is -0.631. The molecule has 17 heavy (non-hydrogen) atoms. The topological polar surface area (TPSA) is 110 Å². The Bertz CT molecular complexity index is 624. The van der Waals surface area contributed by atoms with Crippen molar-refractivity contribution in [3.05, 3.63) is 35.5 Å². The zero-order valence-corrected chi connectivity index (χ0v) is 8.95. The van der Waals surface area contributed by atoms with Crippen LogP contribution in [0.3, 0.4) is 0 Å². The summed E-state index contributed by atoms with van der Waals surface area (Å²) in [5.41, 5.74) is 5.48. The van der Waals surface area contributed by atoms with Crippen molar-refractivity contribution >= 4 is 5.91 Å². The van der Waals surface area contributed by atoms with Crippen molar-refractivity contribution in [3.8, 4) is 11.9 Å². The van der Waals surface area contributed by atoms with E-state index in [1.165, 1.54) is 23.1 Å². The van der Waals surface area contributed by atoms with E-state index in [1.54, 1.807) is 6.92 Å². The van der Waals surface area contributed by atoms with Crippen molar-refractivity contribution < 1.29 is 4.79 Å². The molecular formula is C10H8N6O. The normalized spacial score (nSPS) is 9.88. The van der Waals surface area contributed by atoms with Crippen LogP contribution >= 0.6 is 0 Å². The number of amides is 1. The summed E-state index contributed by atoms with van der Waals surface area (Å²) in [6.07, 6.45) is 2.92. The van der Waals surface area contributed by atoms with E-state index < -0.39 is 5.91 Å². The van der Waals surface area contributed by atoms with Crippen LogP contribution in [0.25, 0.3) is 5.82 Å². The van der Waals surface area contributed by atoms with Crippen molar-refractivity contribution in [2.45, 2.75) is 6.92 Å². The maximum absolute atomic E-state index is 10.9. The van der Waals surface area contributed by atoms with Gasteiger partial charge in [0.25, 0.3) is 5.91 Å². The molecule has 1 amide bonds. The molecule has 0 bridgehead atoms. The van der Waals surface area contributed by atoms with Gasteiger partial charge in [0.05, 0.1) is 6.20 Å². The van der Waals surface area contributed by atoms with Crippen LogP contribution in [0.4, 0.5) is 0 Å². The Labute approximate surface area is 96.5 Å². The summed E-state index contributed by atoms with van der Waals surface area (Å²) < 4.78 is 1.33. The van der Waals surface area contributed by atoms with Crippen LogP contribution in [0.15, 0.2) is 18.5 Å². The summed E-state index contributed by atoms with van der Waals surface area (Å²) in [7, 11) is 0. The molecule has 0 atom stereocenters. The molecule has 0 saturated heterocycles. The number of primary amides is 1. The third kappa shape index (κ3) is 1.96. The average Bonchev–Trinajstić information content (AvgIpc) is 2.78. The van der Waals surface area contributed by atoms with E-state index in [-0.39, 0.29) is 11.3 Å². The Morgan fingerprint density at radius 2 is 2.35 bits per heavy atom. The number of hydrogen-bond acceptors (Lipinski definition) is 5. The molecule has 2 N–H and O–H groups in total. The van der Waals surface area contributed by atoms with Gasteiger partial charge in [-0.2, -0.15) is 10.4 Å². The maximum Gasteiger partial charge on any atom is 0.269 e. The van der Waals surface area contributed by atoms with Crippen LogP contribution in [-0.4, -0.2) is 25.7 Å². The maximum atomic E-state index is 10.9. The van der Waals surface area contributed by atoms with Crippen LogP contribution in [-0.2, 0) is 0 Å². The lowest BCUT2D eigenvalue weighted by molar-refractivity contribution is 0.0995. The smallest absolute Gasteiger partial charge is 0.269 e. The number of rotatable bonds is 2. The Morgan fingerprint density at radius 1 is 1.59 bits per heavy atom. The Morgan fingerprint density at radius 3 is 2.94 bits per heavy atom. The van der Waals surface area contributed by atoms with Crippen LogP contribution in [0.1, 0.15) is 21.9 Å². The third-order valence-corrected chi connectivity index (χ3v) is 2.07. The lowest BCUT2D eigenvalue weighted by Crippen LogP contribution is -2.13. The SMILES string of the molecule is Cc1ncc(C#N)c(-n2ccc(C(N)=O)n2)n1. The highest BCUT2D eigenvalue weighted by atomic mass is 16.1. The largest absolute Gasteiger partial charge is 0.364 e. The van der Waals surface area contributed by atoms with Gasteiger partial charge in [-0.3, -0.25) is 4.79 Å². The number of nitriles is 1. The molecule has 7 heteroatoms. The summed E-state index contributed by atoms with van der Waals surface area (Å²) in [6.45, 7) is 1.70. The summed E-state index contributed by atoms with van der Waals surface area (Å²) in [5, 5.41) is 12.9. The Kier molecular flexibility index (Phi) is 2.54. The summed E-state index contributed by atoms with van der Waals surface area (Å²) in [4.78, 5) is 18.9. The van der Waals surface area contributed by atoms with E-state index in [0.717, 1.165) is 0 Å². The monoisotopic (exact) mass is 228 g/mol. The Hall–Kier alpha value is -2.75. The lowest BCUT2D eigenvalue weighted by Gasteiger charge is -2.02. The van der Waals surface area contributed by atoms with Crippen LogP contribution < -0.4 is 5.73 Å². The first-order valence-electron chi connectivity index (χ1n) is 4.71. The second kappa shape index (κ2) is 4.02. The highest BCUT2D eigenvalue weighted by Gasteiger charge is 2.11. The second-order valence-electron chi connectivity index (χ2n) is 3.28. The first-order valence-corrected chi connectivity index (χ1v) is 4.71. The number of aryl methyl sites for hydroxylation is 1. The molecule has 0 saturated carbocycles. The number of nitrogens with two attached hydrogens (primary N) is 1. The molecule has 0 aliphatic rings. The van der Waals surface area contributed by atoms with E-state index in [0.29, 0.717) is 11.6 Å². The molecule has 2 aromatic heterocycles. The van der Waals surface area contributed by atoms with Crippen molar-refractivity contribution in [3.63, 3.8) is 0 Å². The van der Waals surface area contributed by atoms with Gasteiger partial charge in [0.1, 0.15) is 23.2 Å². The van der Waals surface area contributed by atoms with Gasteiger partial charge in [-0.25, -0.2) is 14.6 Å². The van der Waals surface area contributed by atoms with E-state index in [9.17, 15) is 4.79 Å². The van der Waals surface area contributed by atoms with Crippen molar-refractivity contribution in [2.75, 3.05) is 0 Å². The van der Waals surface area contributed by atoms with Gasteiger partial charge in [0, 0.05) is 6.20 Å². The quantitative estimate of drug-likeness (QED) is 0.774. The average molecular weight is 228 g/mol. The molecular weight excluding hydrogens is 220 g/mol. The molecule has 2 aromatic rings. The molecule has 2 rings (SSSR count). The van der Waals surface area contributed by atoms with Crippen LogP contribution in [0, 0.1) is 18.3 Å². The predicted octanol–water partition coefficient (Wildman–Crippen LogP) is -0.0587. The first kappa shape index (κ1) is 10.8.